The van der Waals surface area contributed by atoms with E-state index >= 15 is 0 Å². The molecule has 0 saturated heterocycles. The molecule has 3 rings (SSSR count). The van der Waals surface area contributed by atoms with Crippen molar-refractivity contribution in [3.63, 3.8) is 0 Å². The first-order valence-electron chi connectivity index (χ1n) is 9.17. The fourth-order valence-electron chi connectivity index (χ4n) is 3.06. The van der Waals surface area contributed by atoms with Gasteiger partial charge in [-0.05, 0) is 47.9 Å². The molecule has 3 aromatic rings. The minimum Gasteiger partial charge on any atom is -0.496 e. The zero-order valence-corrected chi connectivity index (χ0v) is 16.2. The second-order valence-corrected chi connectivity index (χ2v) is 6.62. The fraction of sp³-hybridized carbons (Fsp3) is 0.217. The third-order valence-corrected chi connectivity index (χ3v) is 4.57. The molecule has 0 aliphatic rings. The SMILES string of the molecule is COc1ccc(CN[C@H](C)c2ccccc2)cc1-c1ccc(OC(F)(F)F)cc1. The van der Waals surface area contributed by atoms with Crippen molar-refractivity contribution in [2.24, 2.45) is 0 Å². The number of hydrogen-bond donors (Lipinski definition) is 1. The van der Waals surface area contributed by atoms with E-state index in [0.29, 0.717) is 12.3 Å². The molecule has 6 heteroatoms. The molecule has 0 spiro atoms. The minimum absolute atomic E-state index is 0.181. The van der Waals surface area contributed by atoms with Crippen molar-refractivity contribution in [1.29, 1.82) is 0 Å². The fourth-order valence-corrected chi connectivity index (χ4v) is 3.06. The Balaban J connectivity index is 1.76. The average molecular weight is 401 g/mol. The van der Waals surface area contributed by atoms with E-state index in [-0.39, 0.29) is 11.8 Å². The standard InChI is InChI=1S/C23H22F3NO2/c1-16(18-6-4-3-5-7-18)27-15-17-8-13-22(28-2)21(14-17)19-9-11-20(12-10-19)29-23(24,25)26/h3-14,16,27H,15H2,1-2H3/t16-/m1/s1. The van der Waals surface area contributed by atoms with E-state index in [1.165, 1.54) is 17.7 Å². The van der Waals surface area contributed by atoms with E-state index in [2.05, 4.69) is 29.1 Å². The van der Waals surface area contributed by atoms with Gasteiger partial charge in [-0.3, -0.25) is 0 Å². The molecule has 0 radical (unpaired) electrons. The molecule has 3 aromatic carbocycles. The summed E-state index contributed by atoms with van der Waals surface area (Å²) < 4.78 is 46.4. The smallest absolute Gasteiger partial charge is 0.496 e. The maximum Gasteiger partial charge on any atom is 0.573 e. The van der Waals surface area contributed by atoms with Gasteiger partial charge >= 0.3 is 6.36 Å². The summed E-state index contributed by atoms with van der Waals surface area (Å²) in [7, 11) is 1.56. The third-order valence-electron chi connectivity index (χ3n) is 4.57. The number of nitrogens with one attached hydrogen (secondary N) is 1. The highest BCUT2D eigenvalue weighted by Crippen LogP contribution is 2.33. The van der Waals surface area contributed by atoms with Crippen LogP contribution in [-0.4, -0.2) is 13.5 Å². The lowest BCUT2D eigenvalue weighted by molar-refractivity contribution is -0.274. The first-order valence-corrected chi connectivity index (χ1v) is 9.17. The van der Waals surface area contributed by atoms with Gasteiger partial charge in [0, 0.05) is 18.2 Å². The highest BCUT2D eigenvalue weighted by atomic mass is 19.4. The van der Waals surface area contributed by atoms with Gasteiger partial charge in [0.1, 0.15) is 11.5 Å². The minimum atomic E-state index is -4.71. The number of hydrogen-bond acceptors (Lipinski definition) is 3. The van der Waals surface area contributed by atoms with Crippen LogP contribution in [0.15, 0.2) is 72.8 Å². The Morgan fingerprint density at radius 3 is 2.24 bits per heavy atom. The average Bonchev–Trinajstić information content (AvgIpc) is 2.72. The molecule has 0 unspecified atom stereocenters. The summed E-state index contributed by atoms with van der Waals surface area (Å²) in [5, 5.41) is 3.48. The Hall–Kier alpha value is -2.99. The lowest BCUT2D eigenvalue weighted by Crippen LogP contribution is -2.18. The molecule has 0 aliphatic carbocycles. The van der Waals surface area contributed by atoms with Gasteiger partial charge in [-0.2, -0.15) is 0 Å². The summed E-state index contributed by atoms with van der Waals surface area (Å²) in [6.45, 7) is 2.74. The van der Waals surface area contributed by atoms with Crippen LogP contribution >= 0.6 is 0 Å². The van der Waals surface area contributed by atoms with E-state index in [1.807, 2.05) is 36.4 Å². The van der Waals surface area contributed by atoms with E-state index in [0.717, 1.165) is 16.7 Å². The van der Waals surface area contributed by atoms with E-state index < -0.39 is 6.36 Å². The molecule has 0 fully saturated rings. The number of rotatable bonds is 7. The van der Waals surface area contributed by atoms with Crippen LogP contribution in [0.3, 0.4) is 0 Å². The molecule has 0 amide bonds. The van der Waals surface area contributed by atoms with Gasteiger partial charge in [-0.1, -0.05) is 48.5 Å². The van der Waals surface area contributed by atoms with E-state index in [4.69, 9.17) is 4.74 Å². The van der Waals surface area contributed by atoms with Gasteiger partial charge < -0.3 is 14.8 Å². The maximum atomic E-state index is 12.4. The zero-order valence-electron chi connectivity index (χ0n) is 16.2. The van der Waals surface area contributed by atoms with Gasteiger partial charge in [-0.25, -0.2) is 0 Å². The third kappa shape index (κ3) is 5.74. The van der Waals surface area contributed by atoms with Crippen molar-refractivity contribution in [2.45, 2.75) is 25.9 Å². The summed E-state index contributed by atoms with van der Waals surface area (Å²) in [5.41, 5.74) is 3.78. The van der Waals surface area contributed by atoms with Crippen LogP contribution in [0.1, 0.15) is 24.1 Å². The largest absolute Gasteiger partial charge is 0.573 e. The predicted octanol–water partition coefficient (Wildman–Crippen LogP) is 6.11. The number of ether oxygens (including phenoxy) is 2. The number of halogens is 3. The lowest BCUT2D eigenvalue weighted by atomic mass is 10.0. The Bertz CT molecular complexity index is 925. The Labute approximate surface area is 168 Å². The van der Waals surface area contributed by atoms with Crippen LogP contribution in [0, 0.1) is 0 Å². The van der Waals surface area contributed by atoms with Crippen LogP contribution in [0.25, 0.3) is 11.1 Å². The molecular formula is C23H22F3NO2. The monoisotopic (exact) mass is 401 g/mol. The summed E-state index contributed by atoms with van der Waals surface area (Å²) in [5.74, 6) is 0.393. The quantitative estimate of drug-likeness (QED) is 0.518. The number of benzene rings is 3. The number of methoxy groups -OCH3 is 1. The Morgan fingerprint density at radius 1 is 0.931 bits per heavy atom. The summed E-state index contributed by atoms with van der Waals surface area (Å²) >= 11 is 0. The van der Waals surface area contributed by atoms with Crippen LogP contribution in [-0.2, 0) is 6.54 Å². The van der Waals surface area contributed by atoms with Crippen molar-refractivity contribution in [3.05, 3.63) is 83.9 Å². The predicted molar refractivity (Wildman–Crippen MR) is 107 cm³/mol. The van der Waals surface area contributed by atoms with Crippen molar-refractivity contribution >= 4 is 0 Å². The molecular weight excluding hydrogens is 379 g/mol. The van der Waals surface area contributed by atoms with Crippen molar-refractivity contribution in [2.75, 3.05) is 7.11 Å². The normalized spacial score (nSPS) is 12.4. The Morgan fingerprint density at radius 2 is 1.62 bits per heavy atom. The molecule has 3 nitrogen and oxygen atoms in total. The highest BCUT2D eigenvalue weighted by Gasteiger charge is 2.31. The van der Waals surface area contributed by atoms with Crippen LogP contribution in [0.4, 0.5) is 13.2 Å². The van der Waals surface area contributed by atoms with Gasteiger partial charge in [0.15, 0.2) is 0 Å². The van der Waals surface area contributed by atoms with Gasteiger partial charge in [-0.15, -0.1) is 13.2 Å². The lowest BCUT2D eigenvalue weighted by Gasteiger charge is -2.16. The molecule has 0 heterocycles. The number of alkyl halides is 3. The van der Waals surface area contributed by atoms with Crippen LogP contribution in [0.5, 0.6) is 11.5 Å². The molecule has 1 atom stereocenters. The molecule has 152 valence electrons. The van der Waals surface area contributed by atoms with Gasteiger partial charge in [0.2, 0.25) is 0 Å². The molecule has 0 bridgehead atoms. The first kappa shape index (κ1) is 20.7. The molecule has 29 heavy (non-hydrogen) atoms. The van der Waals surface area contributed by atoms with E-state index in [1.54, 1.807) is 19.2 Å². The van der Waals surface area contributed by atoms with Crippen molar-refractivity contribution in [1.82, 2.24) is 5.32 Å². The van der Waals surface area contributed by atoms with Gasteiger partial charge in [0.25, 0.3) is 0 Å². The summed E-state index contributed by atoms with van der Waals surface area (Å²) in [6.07, 6.45) is -4.71. The van der Waals surface area contributed by atoms with Crippen LogP contribution < -0.4 is 14.8 Å². The zero-order chi connectivity index (χ0) is 20.9. The van der Waals surface area contributed by atoms with E-state index in [9.17, 15) is 13.2 Å². The van der Waals surface area contributed by atoms with Crippen LogP contribution in [0.2, 0.25) is 0 Å². The molecule has 0 saturated carbocycles. The first-order chi connectivity index (χ1) is 13.9. The summed E-state index contributed by atoms with van der Waals surface area (Å²) in [4.78, 5) is 0. The summed E-state index contributed by atoms with van der Waals surface area (Å²) in [6, 6.07) is 21.9. The van der Waals surface area contributed by atoms with Crippen molar-refractivity contribution < 1.29 is 22.6 Å². The van der Waals surface area contributed by atoms with Gasteiger partial charge in [0.05, 0.1) is 7.11 Å². The maximum absolute atomic E-state index is 12.4. The Kier molecular flexibility index (Phi) is 6.44. The molecule has 0 aromatic heterocycles. The second kappa shape index (κ2) is 9.01. The topological polar surface area (TPSA) is 30.5 Å². The molecule has 0 aliphatic heterocycles. The highest BCUT2D eigenvalue weighted by molar-refractivity contribution is 5.71. The second-order valence-electron chi connectivity index (χ2n) is 6.62. The molecule has 1 N–H and O–H groups in total. The van der Waals surface area contributed by atoms with Crippen molar-refractivity contribution in [3.8, 4) is 22.6 Å².